The van der Waals surface area contributed by atoms with Crippen LogP contribution in [0.2, 0.25) is 0 Å². The van der Waals surface area contributed by atoms with E-state index in [2.05, 4.69) is 15.4 Å². The van der Waals surface area contributed by atoms with E-state index in [0.29, 0.717) is 6.54 Å². The number of carbonyl (C=O) groups excluding carboxylic acids is 1. The number of nitrogens with one attached hydrogen (secondary N) is 3. The zero-order valence-electron chi connectivity index (χ0n) is 12.5. The molecular formula is C14H20FN3O3S. The molecule has 6 nitrogen and oxygen atoms in total. The molecule has 22 heavy (non-hydrogen) atoms. The monoisotopic (exact) mass is 329 g/mol. The highest BCUT2D eigenvalue weighted by Gasteiger charge is 2.30. The largest absolute Gasteiger partial charge is 0.326 e. The molecule has 0 saturated heterocycles. The topological polar surface area (TPSA) is 87.3 Å². The SMILES string of the molecule is CNCC(C)C(=O)Nc1ccc(F)c(S(=O)(=O)NC2CC2)c1. The Bertz CT molecular complexity index is 659. The van der Waals surface area contributed by atoms with Crippen LogP contribution in [0.3, 0.4) is 0 Å². The Labute approximate surface area is 129 Å². The van der Waals surface area contributed by atoms with E-state index in [1.54, 1.807) is 14.0 Å². The number of sulfonamides is 1. The number of anilines is 1. The molecule has 1 aliphatic carbocycles. The van der Waals surface area contributed by atoms with Gasteiger partial charge in [-0.15, -0.1) is 0 Å². The van der Waals surface area contributed by atoms with E-state index in [1.807, 2.05) is 0 Å². The fourth-order valence-corrected chi connectivity index (χ4v) is 3.34. The number of halogens is 1. The molecule has 1 fully saturated rings. The fourth-order valence-electron chi connectivity index (χ4n) is 1.94. The third-order valence-electron chi connectivity index (χ3n) is 3.35. The molecule has 0 heterocycles. The maximum atomic E-state index is 13.8. The van der Waals surface area contributed by atoms with Crippen molar-refractivity contribution in [2.75, 3.05) is 18.9 Å². The van der Waals surface area contributed by atoms with Crippen LogP contribution >= 0.6 is 0 Å². The Hall–Kier alpha value is -1.51. The van der Waals surface area contributed by atoms with E-state index in [9.17, 15) is 17.6 Å². The van der Waals surface area contributed by atoms with Gasteiger partial charge in [-0.3, -0.25) is 4.79 Å². The molecule has 1 aromatic rings. The van der Waals surface area contributed by atoms with Crippen LogP contribution in [0.5, 0.6) is 0 Å². The molecule has 122 valence electrons. The van der Waals surface area contributed by atoms with Gasteiger partial charge in [0.1, 0.15) is 10.7 Å². The molecule has 3 N–H and O–H groups in total. The smallest absolute Gasteiger partial charge is 0.243 e. The van der Waals surface area contributed by atoms with Crippen molar-refractivity contribution in [3.8, 4) is 0 Å². The first kappa shape index (κ1) is 16.9. The third-order valence-corrected chi connectivity index (χ3v) is 4.88. The minimum atomic E-state index is -3.91. The molecule has 1 amide bonds. The number of hydrogen-bond donors (Lipinski definition) is 3. The summed E-state index contributed by atoms with van der Waals surface area (Å²) in [5, 5.41) is 5.48. The molecule has 1 aromatic carbocycles. The Balaban J connectivity index is 2.17. The standard InChI is InChI=1S/C14H20FN3O3S/c1-9(8-16-2)14(19)17-11-5-6-12(15)13(7-11)22(20,21)18-10-3-4-10/h5-7,9-10,16,18H,3-4,8H2,1-2H3,(H,17,19). The molecule has 8 heteroatoms. The first-order valence-electron chi connectivity index (χ1n) is 7.11. The average Bonchev–Trinajstić information content (AvgIpc) is 3.24. The first-order valence-corrected chi connectivity index (χ1v) is 8.59. The van der Waals surface area contributed by atoms with Crippen molar-refractivity contribution in [3.63, 3.8) is 0 Å². The minimum absolute atomic E-state index is 0.113. The lowest BCUT2D eigenvalue weighted by Gasteiger charge is -2.13. The van der Waals surface area contributed by atoms with Gasteiger partial charge in [-0.2, -0.15) is 0 Å². The van der Waals surface area contributed by atoms with Crippen LogP contribution in [0.4, 0.5) is 10.1 Å². The summed E-state index contributed by atoms with van der Waals surface area (Å²) >= 11 is 0. The van der Waals surface area contributed by atoms with Gasteiger partial charge in [0.05, 0.1) is 0 Å². The zero-order chi connectivity index (χ0) is 16.3. The Kier molecular flexibility index (Phi) is 5.15. The predicted molar refractivity (Wildman–Crippen MR) is 81.5 cm³/mol. The van der Waals surface area contributed by atoms with Crippen molar-refractivity contribution < 1.29 is 17.6 Å². The summed E-state index contributed by atoms with van der Waals surface area (Å²) < 4.78 is 40.4. The molecule has 0 radical (unpaired) electrons. The second-order valence-corrected chi connectivity index (χ2v) is 7.17. The molecular weight excluding hydrogens is 309 g/mol. The van der Waals surface area contributed by atoms with Crippen molar-refractivity contribution in [2.24, 2.45) is 5.92 Å². The van der Waals surface area contributed by atoms with Crippen LogP contribution in [-0.4, -0.2) is 34.0 Å². The predicted octanol–water partition coefficient (Wildman–Crippen LogP) is 1.06. The van der Waals surface area contributed by atoms with Crippen LogP contribution < -0.4 is 15.4 Å². The lowest BCUT2D eigenvalue weighted by molar-refractivity contribution is -0.119. The second-order valence-electron chi connectivity index (χ2n) is 5.49. The summed E-state index contributed by atoms with van der Waals surface area (Å²) in [5.74, 6) is -1.39. The minimum Gasteiger partial charge on any atom is -0.326 e. The van der Waals surface area contributed by atoms with Gasteiger partial charge >= 0.3 is 0 Å². The van der Waals surface area contributed by atoms with Crippen LogP contribution in [0.1, 0.15) is 19.8 Å². The molecule has 0 aliphatic heterocycles. The number of hydrogen-bond acceptors (Lipinski definition) is 4. The summed E-state index contributed by atoms with van der Waals surface area (Å²) in [4.78, 5) is 11.5. The van der Waals surface area contributed by atoms with Crippen molar-refractivity contribution in [1.29, 1.82) is 0 Å². The normalized spacial score (nSPS) is 16.3. The van der Waals surface area contributed by atoms with Gasteiger partial charge in [0.25, 0.3) is 0 Å². The highest BCUT2D eigenvalue weighted by atomic mass is 32.2. The van der Waals surface area contributed by atoms with Gasteiger partial charge in [0.2, 0.25) is 15.9 Å². The first-order chi connectivity index (χ1) is 10.3. The van der Waals surface area contributed by atoms with E-state index in [-0.39, 0.29) is 23.6 Å². The van der Waals surface area contributed by atoms with Crippen LogP contribution in [0.25, 0.3) is 0 Å². The number of benzene rings is 1. The van der Waals surface area contributed by atoms with Crippen molar-refractivity contribution >= 4 is 21.6 Å². The molecule has 0 bridgehead atoms. The fraction of sp³-hybridized carbons (Fsp3) is 0.500. The summed E-state index contributed by atoms with van der Waals surface area (Å²) in [6.45, 7) is 2.23. The second kappa shape index (κ2) is 6.72. The van der Waals surface area contributed by atoms with Gasteiger partial charge in [-0.25, -0.2) is 17.5 Å². The van der Waals surface area contributed by atoms with Gasteiger partial charge in [0, 0.05) is 24.2 Å². The Morgan fingerprint density at radius 3 is 2.68 bits per heavy atom. The number of amides is 1. The summed E-state index contributed by atoms with van der Waals surface area (Å²) in [6.07, 6.45) is 1.53. The zero-order valence-corrected chi connectivity index (χ0v) is 13.3. The van der Waals surface area contributed by atoms with Gasteiger partial charge in [-0.1, -0.05) is 6.92 Å². The molecule has 0 spiro atoms. The third kappa shape index (κ3) is 4.25. The lowest BCUT2D eigenvalue weighted by atomic mass is 10.1. The highest BCUT2D eigenvalue weighted by molar-refractivity contribution is 7.89. The van der Waals surface area contributed by atoms with Crippen molar-refractivity contribution in [2.45, 2.75) is 30.7 Å². The maximum Gasteiger partial charge on any atom is 0.243 e. The highest BCUT2D eigenvalue weighted by Crippen LogP contribution is 2.25. The Morgan fingerprint density at radius 1 is 1.41 bits per heavy atom. The molecule has 2 rings (SSSR count). The summed E-state index contributed by atoms with van der Waals surface area (Å²) in [7, 11) is -2.17. The molecule has 1 unspecified atom stereocenters. The quantitative estimate of drug-likeness (QED) is 0.698. The van der Waals surface area contributed by atoms with E-state index in [0.717, 1.165) is 25.0 Å². The summed E-state index contributed by atoms with van der Waals surface area (Å²) in [6, 6.07) is 3.41. The van der Waals surface area contributed by atoms with E-state index in [1.165, 1.54) is 6.07 Å². The lowest BCUT2D eigenvalue weighted by Crippen LogP contribution is -2.29. The van der Waals surface area contributed by atoms with Crippen molar-refractivity contribution in [3.05, 3.63) is 24.0 Å². The molecule has 1 aliphatic rings. The van der Waals surface area contributed by atoms with Crippen LogP contribution in [0.15, 0.2) is 23.1 Å². The number of rotatable bonds is 7. The summed E-state index contributed by atoms with van der Waals surface area (Å²) in [5.41, 5.74) is 0.255. The molecule has 1 atom stereocenters. The maximum absolute atomic E-state index is 13.8. The number of carbonyl (C=O) groups is 1. The van der Waals surface area contributed by atoms with Gasteiger partial charge in [0.15, 0.2) is 0 Å². The van der Waals surface area contributed by atoms with E-state index < -0.39 is 20.7 Å². The van der Waals surface area contributed by atoms with E-state index >= 15 is 0 Å². The van der Waals surface area contributed by atoms with Gasteiger partial charge < -0.3 is 10.6 Å². The molecule has 0 aromatic heterocycles. The van der Waals surface area contributed by atoms with Gasteiger partial charge in [-0.05, 0) is 38.1 Å². The van der Waals surface area contributed by atoms with Crippen LogP contribution in [0, 0.1) is 11.7 Å². The van der Waals surface area contributed by atoms with Crippen molar-refractivity contribution in [1.82, 2.24) is 10.0 Å². The average molecular weight is 329 g/mol. The van der Waals surface area contributed by atoms with E-state index in [4.69, 9.17) is 0 Å². The Morgan fingerprint density at radius 2 is 2.09 bits per heavy atom. The van der Waals surface area contributed by atoms with Crippen LogP contribution in [-0.2, 0) is 14.8 Å². The molecule has 1 saturated carbocycles.